The maximum Gasteiger partial charge on any atom is 0.153 e. The number of hydrogen-bond acceptors (Lipinski definition) is 2. The summed E-state index contributed by atoms with van der Waals surface area (Å²) in [6, 6.07) is 19.5. The van der Waals surface area contributed by atoms with E-state index in [0.29, 0.717) is 11.3 Å². The van der Waals surface area contributed by atoms with Crippen LogP contribution >= 0.6 is 0 Å². The number of aldehydes is 1. The van der Waals surface area contributed by atoms with Crippen molar-refractivity contribution < 1.29 is 4.79 Å². The smallest absolute Gasteiger partial charge is 0.153 e. The van der Waals surface area contributed by atoms with Crippen molar-refractivity contribution in [2.75, 3.05) is 0 Å². The number of para-hydroxylation sites is 1. The molecule has 0 aliphatic heterocycles. The van der Waals surface area contributed by atoms with Crippen LogP contribution in [0.4, 0.5) is 0 Å². The Morgan fingerprint density at radius 2 is 1.35 bits per heavy atom. The molecule has 1 aromatic heterocycles. The zero-order valence-electron chi connectivity index (χ0n) is 14.2. The Kier molecular flexibility index (Phi) is 8.08. The second-order valence-electron chi connectivity index (χ2n) is 4.20. The Morgan fingerprint density at radius 1 is 0.826 bits per heavy atom. The van der Waals surface area contributed by atoms with Crippen molar-refractivity contribution in [3.63, 3.8) is 0 Å². The van der Waals surface area contributed by atoms with Gasteiger partial charge < -0.3 is 0 Å². The lowest BCUT2D eigenvalue weighted by Gasteiger charge is -2.00. The number of carbonyl (C=O) groups excluding carboxylic acids is 1. The van der Waals surface area contributed by atoms with Crippen molar-refractivity contribution in [3.8, 4) is 16.9 Å². The molecule has 2 aromatic carbocycles. The van der Waals surface area contributed by atoms with E-state index in [1.54, 1.807) is 10.9 Å². The number of rotatable bonds is 3. The molecule has 3 heteroatoms. The zero-order chi connectivity index (χ0) is 17.1. The number of nitrogens with zero attached hydrogens (tertiary/aromatic N) is 2. The van der Waals surface area contributed by atoms with Gasteiger partial charge in [-0.15, -0.1) is 0 Å². The van der Waals surface area contributed by atoms with Gasteiger partial charge in [0, 0.05) is 11.8 Å². The summed E-state index contributed by atoms with van der Waals surface area (Å²) < 4.78 is 1.73. The second kappa shape index (κ2) is 10.1. The lowest BCUT2D eigenvalue weighted by Crippen LogP contribution is -1.93. The molecule has 3 rings (SSSR count). The van der Waals surface area contributed by atoms with Crippen molar-refractivity contribution in [1.29, 1.82) is 0 Å². The molecule has 3 aromatic rings. The van der Waals surface area contributed by atoms with Crippen LogP contribution in [0.25, 0.3) is 16.9 Å². The first-order chi connectivity index (χ1) is 11.4. The van der Waals surface area contributed by atoms with Crippen molar-refractivity contribution in [2.45, 2.75) is 27.7 Å². The molecular formula is C20H24N2O. The third kappa shape index (κ3) is 4.65. The van der Waals surface area contributed by atoms with Crippen LogP contribution in [0, 0.1) is 0 Å². The van der Waals surface area contributed by atoms with Gasteiger partial charge in [0.25, 0.3) is 0 Å². The largest absolute Gasteiger partial charge is 0.298 e. The van der Waals surface area contributed by atoms with Crippen LogP contribution in [0.2, 0.25) is 0 Å². The average molecular weight is 308 g/mol. The maximum atomic E-state index is 11.2. The zero-order valence-corrected chi connectivity index (χ0v) is 14.2. The minimum Gasteiger partial charge on any atom is -0.298 e. The van der Waals surface area contributed by atoms with Crippen molar-refractivity contribution in [2.24, 2.45) is 0 Å². The minimum atomic E-state index is 0.593. The molecule has 0 N–H and O–H groups in total. The first kappa shape index (κ1) is 18.4. The summed E-state index contributed by atoms with van der Waals surface area (Å²) in [5.74, 6) is 0. The normalized spacial score (nSPS) is 9.04. The van der Waals surface area contributed by atoms with Crippen molar-refractivity contribution in [3.05, 3.63) is 72.4 Å². The van der Waals surface area contributed by atoms with E-state index in [-0.39, 0.29) is 0 Å². The highest BCUT2D eigenvalue weighted by atomic mass is 16.1. The van der Waals surface area contributed by atoms with Gasteiger partial charge in [-0.25, -0.2) is 4.68 Å². The molecule has 0 aliphatic rings. The summed E-state index contributed by atoms with van der Waals surface area (Å²) in [6.45, 7) is 8.00. The Bertz CT molecular complexity index is 688. The topological polar surface area (TPSA) is 34.9 Å². The molecule has 120 valence electrons. The van der Waals surface area contributed by atoms with Gasteiger partial charge in [0.1, 0.15) is 5.69 Å². The molecule has 0 bridgehead atoms. The third-order valence-electron chi connectivity index (χ3n) is 2.94. The Labute approximate surface area is 138 Å². The van der Waals surface area contributed by atoms with Crippen LogP contribution in [-0.2, 0) is 0 Å². The fourth-order valence-corrected chi connectivity index (χ4v) is 2.01. The van der Waals surface area contributed by atoms with Crippen LogP contribution in [0.1, 0.15) is 38.1 Å². The summed E-state index contributed by atoms with van der Waals surface area (Å²) in [6.07, 6.45) is 2.60. The second-order valence-corrected chi connectivity index (χ2v) is 4.20. The fraction of sp³-hybridized carbons (Fsp3) is 0.200. The molecule has 3 nitrogen and oxygen atoms in total. The highest BCUT2D eigenvalue weighted by Gasteiger charge is 2.10. The number of carbonyl (C=O) groups is 1. The summed E-state index contributed by atoms with van der Waals surface area (Å²) in [5.41, 5.74) is 3.18. The van der Waals surface area contributed by atoms with Gasteiger partial charge in [0.05, 0.1) is 11.3 Å². The highest BCUT2D eigenvalue weighted by molar-refractivity contribution is 5.85. The Hall–Kier alpha value is -2.68. The molecule has 0 radical (unpaired) electrons. The maximum absolute atomic E-state index is 11.2. The van der Waals surface area contributed by atoms with Gasteiger partial charge in [-0.05, 0) is 12.1 Å². The van der Waals surface area contributed by atoms with Crippen LogP contribution in [-0.4, -0.2) is 16.1 Å². The van der Waals surface area contributed by atoms with E-state index in [1.807, 2.05) is 88.4 Å². The van der Waals surface area contributed by atoms with E-state index in [0.717, 1.165) is 17.5 Å². The lowest BCUT2D eigenvalue weighted by atomic mass is 10.1. The van der Waals surface area contributed by atoms with Gasteiger partial charge in [-0.1, -0.05) is 76.2 Å². The molecule has 0 saturated heterocycles. The van der Waals surface area contributed by atoms with Gasteiger partial charge in [-0.2, -0.15) is 5.10 Å². The van der Waals surface area contributed by atoms with Crippen molar-refractivity contribution in [1.82, 2.24) is 9.78 Å². The summed E-state index contributed by atoms with van der Waals surface area (Å²) in [7, 11) is 0. The van der Waals surface area contributed by atoms with E-state index >= 15 is 0 Å². The first-order valence-corrected chi connectivity index (χ1v) is 8.04. The molecule has 1 heterocycles. The Balaban J connectivity index is 0.000000615. The fourth-order valence-electron chi connectivity index (χ4n) is 2.01. The SMILES string of the molecule is CC.CC.O=Cc1cn(-c2ccccc2)nc1-c1ccccc1. The third-order valence-corrected chi connectivity index (χ3v) is 2.94. The molecule has 0 unspecified atom stereocenters. The standard InChI is InChI=1S/C16H12N2O.2C2H6/c19-12-14-11-18(15-9-5-2-6-10-15)17-16(14)13-7-3-1-4-8-13;2*1-2/h1-12H;2*1-2H3. The van der Waals surface area contributed by atoms with E-state index < -0.39 is 0 Å². The average Bonchev–Trinajstić information content (AvgIpc) is 3.11. The van der Waals surface area contributed by atoms with Gasteiger partial charge >= 0.3 is 0 Å². The number of aromatic nitrogens is 2. The van der Waals surface area contributed by atoms with Gasteiger partial charge in [-0.3, -0.25) is 4.79 Å². The molecule has 0 atom stereocenters. The van der Waals surface area contributed by atoms with E-state index in [1.165, 1.54) is 0 Å². The summed E-state index contributed by atoms with van der Waals surface area (Å²) in [5, 5.41) is 4.51. The molecule has 0 spiro atoms. The van der Waals surface area contributed by atoms with Crippen LogP contribution in [0.5, 0.6) is 0 Å². The summed E-state index contributed by atoms with van der Waals surface area (Å²) in [4.78, 5) is 11.2. The molecular weight excluding hydrogens is 284 g/mol. The molecule has 23 heavy (non-hydrogen) atoms. The van der Waals surface area contributed by atoms with Crippen LogP contribution < -0.4 is 0 Å². The number of hydrogen-bond donors (Lipinski definition) is 0. The Morgan fingerprint density at radius 3 is 1.87 bits per heavy atom. The van der Waals surface area contributed by atoms with Crippen molar-refractivity contribution >= 4 is 6.29 Å². The van der Waals surface area contributed by atoms with E-state index in [4.69, 9.17) is 0 Å². The number of benzene rings is 2. The van der Waals surface area contributed by atoms with Gasteiger partial charge in [0.2, 0.25) is 0 Å². The van der Waals surface area contributed by atoms with E-state index in [2.05, 4.69) is 5.10 Å². The van der Waals surface area contributed by atoms with Gasteiger partial charge in [0.15, 0.2) is 6.29 Å². The predicted molar refractivity (Wildman–Crippen MR) is 97.1 cm³/mol. The monoisotopic (exact) mass is 308 g/mol. The molecule has 0 amide bonds. The van der Waals surface area contributed by atoms with E-state index in [9.17, 15) is 4.79 Å². The molecule has 0 fully saturated rings. The highest BCUT2D eigenvalue weighted by Crippen LogP contribution is 2.22. The predicted octanol–water partition coefficient (Wildman–Crippen LogP) is 5.40. The molecule has 0 saturated carbocycles. The lowest BCUT2D eigenvalue weighted by molar-refractivity contribution is 0.112. The van der Waals surface area contributed by atoms with Crippen LogP contribution in [0.3, 0.4) is 0 Å². The minimum absolute atomic E-state index is 0.593. The first-order valence-electron chi connectivity index (χ1n) is 8.04. The van der Waals surface area contributed by atoms with Crippen LogP contribution in [0.15, 0.2) is 66.9 Å². The quantitative estimate of drug-likeness (QED) is 0.607. The summed E-state index contributed by atoms with van der Waals surface area (Å²) >= 11 is 0. The molecule has 0 aliphatic carbocycles.